The summed E-state index contributed by atoms with van der Waals surface area (Å²) in [6, 6.07) is 11.6. The van der Waals surface area contributed by atoms with Gasteiger partial charge in [0.1, 0.15) is 5.75 Å². The van der Waals surface area contributed by atoms with Crippen molar-refractivity contribution in [2.45, 2.75) is 44.2 Å². The molecule has 1 atom stereocenters. The highest BCUT2D eigenvalue weighted by atomic mass is 16.5. The number of carbonyl (C=O) groups is 1. The molecule has 1 saturated heterocycles. The highest BCUT2D eigenvalue weighted by Gasteiger charge is 2.28. The van der Waals surface area contributed by atoms with Gasteiger partial charge in [-0.1, -0.05) is 12.5 Å². The van der Waals surface area contributed by atoms with Crippen molar-refractivity contribution in [2.75, 3.05) is 19.6 Å². The molecule has 27 heavy (non-hydrogen) atoms. The number of benzene rings is 1. The number of hydrogen-bond donors (Lipinski definition) is 1. The van der Waals surface area contributed by atoms with E-state index in [0.29, 0.717) is 18.2 Å². The van der Waals surface area contributed by atoms with Crippen LogP contribution in [0.4, 0.5) is 0 Å². The Morgan fingerprint density at radius 3 is 2.67 bits per heavy atom. The quantitative estimate of drug-likeness (QED) is 0.900. The fourth-order valence-corrected chi connectivity index (χ4v) is 4.04. The third-order valence-electron chi connectivity index (χ3n) is 5.53. The first-order chi connectivity index (χ1) is 13.3. The van der Waals surface area contributed by atoms with E-state index in [2.05, 4.69) is 10.3 Å². The third-order valence-corrected chi connectivity index (χ3v) is 5.53. The molecule has 1 saturated carbocycles. The molecule has 5 nitrogen and oxygen atoms in total. The Labute approximate surface area is 160 Å². The summed E-state index contributed by atoms with van der Waals surface area (Å²) in [7, 11) is 0. The molecule has 1 aliphatic carbocycles. The zero-order chi connectivity index (χ0) is 18.5. The number of ether oxygens (including phenoxy) is 1. The van der Waals surface area contributed by atoms with Crippen LogP contribution in [0.2, 0.25) is 0 Å². The number of carbonyl (C=O) groups excluding carboxylic acids is 1. The number of aromatic nitrogens is 1. The van der Waals surface area contributed by atoms with Gasteiger partial charge >= 0.3 is 0 Å². The molecule has 2 heterocycles. The van der Waals surface area contributed by atoms with Gasteiger partial charge in [-0.3, -0.25) is 9.78 Å². The Morgan fingerprint density at radius 1 is 1.11 bits per heavy atom. The molecule has 142 valence electrons. The molecule has 2 aromatic rings. The van der Waals surface area contributed by atoms with E-state index >= 15 is 0 Å². The van der Waals surface area contributed by atoms with Crippen LogP contribution < -0.4 is 10.1 Å². The molecule has 5 heteroatoms. The van der Waals surface area contributed by atoms with Gasteiger partial charge < -0.3 is 15.0 Å². The lowest BCUT2D eigenvalue weighted by Gasteiger charge is -2.36. The first-order valence-corrected chi connectivity index (χ1v) is 9.99. The van der Waals surface area contributed by atoms with Crippen molar-refractivity contribution in [1.29, 1.82) is 0 Å². The summed E-state index contributed by atoms with van der Waals surface area (Å²) >= 11 is 0. The zero-order valence-corrected chi connectivity index (χ0v) is 15.6. The summed E-state index contributed by atoms with van der Waals surface area (Å²) in [5.41, 5.74) is 1.78. The van der Waals surface area contributed by atoms with E-state index in [-0.39, 0.29) is 11.9 Å². The van der Waals surface area contributed by atoms with Gasteiger partial charge in [0, 0.05) is 37.6 Å². The van der Waals surface area contributed by atoms with Crippen LogP contribution in [0.1, 0.15) is 54.1 Å². The van der Waals surface area contributed by atoms with Gasteiger partial charge in [0.15, 0.2) is 0 Å². The smallest absolute Gasteiger partial charge is 0.254 e. The van der Waals surface area contributed by atoms with Crippen molar-refractivity contribution in [2.24, 2.45) is 0 Å². The number of rotatable bonds is 4. The van der Waals surface area contributed by atoms with E-state index in [9.17, 15) is 4.79 Å². The number of hydrogen-bond acceptors (Lipinski definition) is 4. The number of nitrogens with one attached hydrogen (secondary N) is 1. The van der Waals surface area contributed by atoms with Crippen molar-refractivity contribution in [3.63, 3.8) is 0 Å². The highest BCUT2D eigenvalue weighted by molar-refractivity contribution is 5.94. The maximum Gasteiger partial charge on any atom is 0.254 e. The third kappa shape index (κ3) is 4.30. The van der Waals surface area contributed by atoms with Gasteiger partial charge in [0.25, 0.3) is 5.91 Å². The second-order valence-corrected chi connectivity index (χ2v) is 7.41. The lowest BCUT2D eigenvalue weighted by atomic mass is 9.98. The molecule has 1 unspecified atom stereocenters. The Hall–Kier alpha value is -2.40. The van der Waals surface area contributed by atoms with Gasteiger partial charge in [-0.25, -0.2) is 0 Å². The maximum absolute atomic E-state index is 13.1. The van der Waals surface area contributed by atoms with E-state index in [0.717, 1.165) is 37.2 Å². The second-order valence-electron chi connectivity index (χ2n) is 7.41. The predicted octanol–water partition coefficient (Wildman–Crippen LogP) is 3.58. The van der Waals surface area contributed by atoms with Crippen molar-refractivity contribution in [1.82, 2.24) is 15.2 Å². The van der Waals surface area contributed by atoms with Gasteiger partial charge in [-0.15, -0.1) is 0 Å². The fraction of sp³-hybridized carbons (Fsp3) is 0.455. The minimum Gasteiger partial charge on any atom is -0.490 e. The molecule has 1 N–H and O–H groups in total. The average Bonchev–Trinajstić information content (AvgIpc) is 2.75. The molecule has 0 bridgehead atoms. The Balaban J connectivity index is 1.46. The SMILES string of the molecule is O=C(c1ccc(OC2CCCCC2)cc1)N1CCNCC1c1cccnc1. The zero-order valence-electron chi connectivity index (χ0n) is 15.6. The van der Waals surface area contributed by atoms with Crippen LogP contribution in [0.5, 0.6) is 5.75 Å². The summed E-state index contributed by atoms with van der Waals surface area (Å²) in [5.74, 6) is 0.928. The van der Waals surface area contributed by atoms with Crippen molar-refractivity contribution in [3.05, 3.63) is 59.9 Å². The molecule has 0 radical (unpaired) electrons. The number of pyridine rings is 1. The van der Waals surface area contributed by atoms with Crippen LogP contribution in [0.3, 0.4) is 0 Å². The van der Waals surface area contributed by atoms with Gasteiger partial charge in [-0.05, 0) is 61.6 Å². The minimum absolute atomic E-state index is 0.0121. The monoisotopic (exact) mass is 365 g/mol. The summed E-state index contributed by atoms with van der Waals surface area (Å²) in [5, 5.41) is 3.38. The fourth-order valence-electron chi connectivity index (χ4n) is 4.04. The number of piperazine rings is 1. The van der Waals surface area contributed by atoms with Crippen LogP contribution in [-0.4, -0.2) is 41.5 Å². The van der Waals surface area contributed by atoms with Crippen LogP contribution in [0, 0.1) is 0 Å². The molecule has 0 spiro atoms. The Kier molecular flexibility index (Phi) is 5.68. The topological polar surface area (TPSA) is 54.5 Å². The first-order valence-electron chi connectivity index (χ1n) is 9.99. The van der Waals surface area contributed by atoms with Gasteiger partial charge in [0.05, 0.1) is 12.1 Å². The molecule has 1 aromatic carbocycles. The molecule has 1 amide bonds. The van der Waals surface area contributed by atoms with Crippen molar-refractivity contribution >= 4 is 5.91 Å². The largest absolute Gasteiger partial charge is 0.490 e. The number of nitrogens with zero attached hydrogens (tertiary/aromatic N) is 2. The van der Waals surface area contributed by atoms with E-state index in [1.807, 2.05) is 47.5 Å². The maximum atomic E-state index is 13.1. The first kappa shape index (κ1) is 18.0. The molecule has 1 aromatic heterocycles. The normalized spacial score (nSPS) is 21.0. The van der Waals surface area contributed by atoms with Crippen molar-refractivity contribution < 1.29 is 9.53 Å². The Bertz CT molecular complexity index is 742. The number of amides is 1. The van der Waals surface area contributed by atoms with Crippen LogP contribution in [-0.2, 0) is 0 Å². The highest BCUT2D eigenvalue weighted by Crippen LogP contribution is 2.26. The standard InChI is InChI=1S/C22H27N3O2/c26-22(25-14-13-24-16-21(25)18-5-4-12-23-15-18)17-8-10-20(11-9-17)27-19-6-2-1-3-7-19/h4-5,8-12,15,19,21,24H,1-3,6-7,13-14,16H2. The predicted molar refractivity (Wildman–Crippen MR) is 105 cm³/mol. The van der Waals surface area contributed by atoms with E-state index in [1.165, 1.54) is 19.3 Å². The lowest BCUT2D eigenvalue weighted by molar-refractivity contribution is 0.0634. The summed E-state index contributed by atoms with van der Waals surface area (Å²) in [6.45, 7) is 2.25. The van der Waals surface area contributed by atoms with Crippen LogP contribution in [0.15, 0.2) is 48.8 Å². The average molecular weight is 365 g/mol. The van der Waals surface area contributed by atoms with Crippen LogP contribution in [0.25, 0.3) is 0 Å². The molecular formula is C22H27N3O2. The molecule has 4 rings (SSSR count). The molecule has 2 aliphatic rings. The Morgan fingerprint density at radius 2 is 1.93 bits per heavy atom. The molecule has 1 aliphatic heterocycles. The lowest BCUT2D eigenvalue weighted by Crippen LogP contribution is -2.48. The second kappa shape index (κ2) is 8.53. The summed E-state index contributed by atoms with van der Waals surface area (Å²) in [4.78, 5) is 19.3. The van der Waals surface area contributed by atoms with E-state index in [1.54, 1.807) is 6.20 Å². The van der Waals surface area contributed by atoms with E-state index < -0.39 is 0 Å². The van der Waals surface area contributed by atoms with Gasteiger partial charge in [0.2, 0.25) is 0 Å². The summed E-state index contributed by atoms with van der Waals surface area (Å²) < 4.78 is 6.08. The van der Waals surface area contributed by atoms with Gasteiger partial charge in [-0.2, -0.15) is 0 Å². The van der Waals surface area contributed by atoms with E-state index in [4.69, 9.17) is 4.74 Å². The summed E-state index contributed by atoms with van der Waals surface area (Å²) in [6.07, 6.45) is 10.0. The van der Waals surface area contributed by atoms with Crippen molar-refractivity contribution in [3.8, 4) is 5.75 Å². The molecule has 2 fully saturated rings. The minimum atomic E-state index is 0.0121. The van der Waals surface area contributed by atoms with Crippen LogP contribution >= 0.6 is 0 Å². The molecular weight excluding hydrogens is 338 g/mol.